The van der Waals surface area contributed by atoms with Gasteiger partial charge in [0.2, 0.25) is 5.91 Å². The molecule has 1 heterocycles. The van der Waals surface area contributed by atoms with Crippen molar-refractivity contribution >= 4 is 11.6 Å². The lowest BCUT2D eigenvalue weighted by molar-refractivity contribution is -0.117. The molecule has 0 saturated carbocycles. The molecular formula is C12H19N3O3. The molecule has 0 unspecified atom stereocenters. The summed E-state index contributed by atoms with van der Waals surface area (Å²) in [4.78, 5) is 22.9. The maximum Gasteiger partial charge on any atom is 0.250 e. The molecule has 0 radical (unpaired) electrons. The number of rotatable bonds is 7. The number of hydrogen-bond acceptors (Lipinski definition) is 4. The Morgan fingerprint density at radius 1 is 1.44 bits per heavy atom. The fraction of sp³-hybridized carbons (Fsp3) is 0.500. The van der Waals surface area contributed by atoms with E-state index in [1.165, 1.54) is 10.6 Å². The van der Waals surface area contributed by atoms with Crippen molar-refractivity contribution in [3.05, 3.63) is 28.7 Å². The average molecular weight is 253 g/mol. The predicted octanol–water partition coefficient (Wildman–Crippen LogP) is 0.172. The highest BCUT2D eigenvalue weighted by Gasteiger charge is 2.03. The third-order valence-corrected chi connectivity index (χ3v) is 2.34. The van der Waals surface area contributed by atoms with Gasteiger partial charge in [-0.1, -0.05) is 0 Å². The largest absolute Gasteiger partial charge is 0.380 e. The summed E-state index contributed by atoms with van der Waals surface area (Å²) in [5.74, 6) is -0.145. The van der Waals surface area contributed by atoms with E-state index in [1.807, 2.05) is 6.92 Å². The Bertz CT molecular complexity index is 442. The summed E-state index contributed by atoms with van der Waals surface area (Å²) in [6.07, 6.45) is 1.90. The number of hydrogen-bond donors (Lipinski definition) is 2. The Kier molecular flexibility index (Phi) is 6.10. The summed E-state index contributed by atoms with van der Waals surface area (Å²) in [5, 5.41) is 2.71. The molecular weight excluding hydrogens is 234 g/mol. The van der Waals surface area contributed by atoms with Crippen LogP contribution in [-0.4, -0.2) is 30.2 Å². The number of nitrogens with two attached hydrogens (primary N) is 1. The number of ether oxygens (including phenoxy) is 1. The molecule has 0 fully saturated rings. The second-order valence-electron chi connectivity index (χ2n) is 3.74. The van der Waals surface area contributed by atoms with Crippen LogP contribution in [-0.2, 0) is 16.1 Å². The Morgan fingerprint density at radius 3 is 2.89 bits per heavy atom. The third-order valence-electron chi connectivity index (χ3n) is 2.34. The van der Waals surface area contributed by atoms with E-state index in [1.54, 1.807) is 12.3 Å². The molecule has 3 N–H and O–H groups in total. The molecule has 0 aliphatic heterocycles. The smallest absolute Gasteiger partial charge is 0.250 e. The molecule has 18 heavy (non-hydrogen) atoms. The van der Waals surface area contributed by atoms with Crippen LogP contribution in [0.1, 0.15) is 13.3 Å². The molecule has 0 aliphatic carbocycles. The summed E-state index contributed by atoms with van der Waals surface area (Å²) in [7, 11) is 0. The molecule has 0 aromatic carbocycles. The van der Waals surface area contributed by atoms with E-state index in [-0.39, 0.29) is 17.9 Å². The van der Waals surface area contributed by atoms with E-state index in [0.717, 1.165) is 0 Å². The Balaban J connectivity index is 2.46. The minimum Gasteiger partial charge on any atom is -0.380 e. The van der Waals surface area contributed by atoms with Gasteiger partial charge in [-0.3, -0.25) is 9.59 Å². The lowest BCUT2D eigenvalue weighted by Crippen LogP contribution is -2.20. The van der Waals surface area contributed by atoms with Gasteiger partial charge >= 0.3 is 0 Å². The van der Waals surface area contributed by atoms with Gasteiger partial charge in [-0.05, 0) is 13.0 Å². The minimum absolute atomic E-state index is 0.0817. The highest BCUT2D eigenvalue weighted by atomic mass is 16.5. The number of aromatic nitrogens is 1. The number of amides is 1. The highest BCUT2D eigenvalue weighted by molar-refractivity contribution is 5.90. The number of anilines is 1. The molecule has 0 aliphatic rings. The quantitative estimate of drug-likeness (QED) is 0.678. The lowest BCUT2D eigenvalue weighted by atomic mass is 10.3. The first-order valence-corrected chi connectivity index (χ1v) is 5.95. The van der Waals surface area contributed by atoms with Gasteiger partial charge < -0.3 is 20.4 Å². The van der Waals surface area contributed by atoms with Crippen LogP contribution in [0.3, 0.4) is 0 Å². The van der Waals surface area contributed by atoms with Gasteiger partial charge in [-0.25, -0.2) is 0 Å². The summed E-state index contributed by atoms with van der Waals surface area (Å²) < 4.78 is 6.64. The zero-order valence-electron chi connectivity index (χ0n) is 10.5. The van der Waals surface area contributed by atoms with Crippen molar-refractivity contribution in [2.45, 2.75) is 19.9 Å². The monoisotopic (exact) mass is 253 g/mol. The van der Waals surface area contributed by atoms with Gasteiger partial charge in [0, 0.05) is 25.4 Å². The molecule has 1 rings (SSSR count). The molecule has 1 amide bonds. The first-order valence-electron chi connectivity index (χ1n) is 5.95. The van der Waals surface area contributed by atoms with Crippen LogP contribution >= 0.6 is 0 Å². The zero-order chi connectivity index (χ0) is 13.4. The van der Waals surface area contributed by atoms with Crippen LogP contribution < -0.4 is 16.6 Å². The van der Waals surface area contributed by atoms with Crippen molar-refractivity contribution in [3.8, 4) is 0 Å². The van der Waals surface area contributed by atoms with Crippen molar-refractivity contribution in [2.75, 3.05) is 25.1 Å². The van der Waals surface area contributed by atoms with Gasteiger partial charge in [0.25, 0.3) is 5.56 Å². The van der Waals surface area contributed by atoms with Crippen molar-refractivity contribution in [2.24, 2.45) is 5.73 Å². The van der Waals surface area contributed by atoms with Crippen molar-refractivity contribution < 1.29 is 9.53 Å². The fourth-order valence-corrected chi connectivity index (χ4v) is 1.43. The van der Waals surface area contributed by atoms with Crippen molar-refractivity contribution in [1.29, 1.82) is 0 Å². The number of carbonyl (C=O) groups is 1. The van der Waals surface area contributed by atoms with Crippen LogP contribution in [0, 0.1) is 0 Å². The maximum atomic E-state index is 11.6. The van der Waals surface area contributed by atoms with E-state index in [0.29, 0.717) is 32.0 Å². The lowest BCUT2D eigenvalue weighted by Gasteiger charge is -2.08. The Morgan fingerprint density at radius 2 is 2.22 bits per heavy atom. The molecule has 1 aromatic rings. The fourth-order valence-electron chi connectivity index (χ4n) is 1.43. The molecule has 6 heteroatoms. The summed E-state index contributed by atoms with van der Waals surface area (Å²) >= 11 is 0. The molecule has 6 nitrogen and oxygen atoms in total. The average Bonchev–Trinajstić information content (AvgIpc) is 2.37. The zero-order valence-corrected chi connectivity index (χ0v) is 10.5. The summed E-state index contributed by atoms with van der Waals surface area (Å²) in [5.41, 5.74) is 5.79. The van der Waals surface area contributed by atoms with Crippen LogP contribution in [0.5, 0.6) is 0 Å². The van der Waals surface area contributed by atoms with E-state index < -0.39 is 0 Å². The highest BCUT2D eigenvalue weighted by Crippen LogP contribution is 2.03. The first kappa shape index (κ1) is 14.4. The van der Waals surface area contributed by atoms with Gasteiger partial charge in [0.05, 0.1) is 25.3 Å². The van der Waals surface area contributed by atoms with Crippen LogP contribution in [0.4, 0.5) is 5.69 Å². The summed E-state index contributed by atoms with van der Waals surface area (Å²) in [6, 6.07) is 3.02. The van der Waals surface area contributed by atoms with Gasteiger partial charge in [-0.2, -0.15) is 0 Å². The number of nitrogens with one attached hydrogen (secondary N) is 1. The molecule has 1 aromatic heterocycles. The maximum absolute atomic E-state index is 11.6. The number of pyridine rings is 1. The van der Waals surface area contributed by atoms with Crippen molar-refractivity contribution in [1.82, 2.24) is 4.57 Å². The SMILES string of the molecule is CCn1cc(NC(=O)CCOCCN)ccc1=O. The third kappa shape index (κ3) is 4.68. The second-order valence-corrected chi connectivity index (χ2v) is 3.74. The molecule has 0 saturated heterocycles. The second kappa shape index (κ2) is 7.62. The predicted molar refractivity (Wildman–Crippen MR) is 69.5 cm³/mol. The van der Waals surface area contributed by atoms with Gasteiger partial charge in [-0.15, -0.1) is 0 Å². The standard InChI is InChI=1S/C12H19N3O3/c1-2-15-9-10(3-4-12(15)17)14-11(16)5-7-18-8-6-13/h3-4,9H,2,5-8,13H2,1H3,(H,14,16). The molecule has 100 valence electrons. The normalized spacial score (nSPS) is 10.3. The number of aryl methyl sites for hydroxylation is 1. The minimum atomic E-state index is -0.145. The number of nitrogens with zero attached hydrogens (tertiary/aromatic N) is 1. The van der Waals surface area contributed by atoms with E-state index in [2.05, 4.69) is 5.32 Å². The first-order chi connectivity index (χ1) is 8.67. The van der Waals surface area contributed by atoms with Crippen molar-refractivity contribution in [3.63, 3.8) is 0 Å². The van der Waals surface area contributed by atoms with Crippen LogP contribution in [0.25, 0.3) is 0 Å². The molecule has 0 spiro atoms. The topological polar surface area (TPSA) is 86.3 Å². The number of carbonyl (C=O) groups excluding carboxylic acids is 1. The Hall–Kier alpha value is -1.66. The van der Waals surface area contributed by atoms with E-state index in [4.69, 9.17) is 10.5 Å². The van der Waals surface area contributed by atoms with E-state index >= 15 is 0 Å². The van der Waals surface area contributed by atoms with E-state index in [9.17, 15) is 9.59 Å². The van der Waals surface area contributed by atoms with Gasteiger partial charge in [0.15, 0.2) is 0 Å². The molecule has 0 atom stereocenters. The van der Waals surface area contributed by atoms with Crippen LogP contribution in [0.2, 0.25) is 0 Å². The summed E-state index contributed by atoms with van der Waals surface area (Å²) in [6.45, 7) is 3.68. The molecule has 0 bridgehead atoms. The van der Waals surface area contributed by atoms with Crippen LogP contribution in [0.15, 0.2) is 23.1 Å². The van der Waals surface area contributed by atoms with Gasteiger partial charge in [0.1, 0.15) is 0 Å². The Labute approximate surface area is 106 Å².